The third kappa shape index (κ3) is 5.05. The predicted molar refractivity (Wildman–Crippen MR) is 241 cm³/mol. The number of hydrogen-bond acceptors (Lipinski definition) is 3. The van der Waals surface area contributed by atoms with Crippen LogP contribution in [-0.2, 0) is 5.41 Å². The quantitative estimate of drug-likeness (QED) is 0.176. The SMILES string of the molecule is c1ccc(-c2ccc(-c3cc(-c4ccccc4)nc(-c4ccc(-c5nc6ccccc6c6c5-c5ccccc5C65c6ccccc6-c6ccccc65)cc4)n3)cc2)cc1. The van der Waals surface area contributed by atoms with Gasteiger partial charge in [0, 0.05) is 33.2 Å². The summed E-state index contributed by atoms with van der Waals surface area (Å²) in [7, 11) is 0. The zero-order chi connectivity index (χ0) is 38.9. The van der Waals surface area contributed by atoms with E-state index in [1.54, 1.807) is 0 Å². The summed E-state index contributed by atoms with van der Waals surface area (Å²) in [4.78, 5) is 15.8. The van der Waals surface area contributed by atoms with Crippen molar-refractivity contribution in [2.24, 2.45) is 0 Å². The van der Waals surface area contributed by atoms with Crippen molar-refractivity contribution < 1.29 is 0 Å². The monoisotopic (exact) mass is 749 g/mol. The van der Waals surface area contributed by atoms with E-state index in [1.165, 1.54) is 61.0 Å². The summed E-state index contributed by atoms with van der Waals surface area (Å²) in [5.74, 6) is 0.681. The molecule has 59 heavy (non-hydrogen) atoms. The van der Waals surface area contributed by atoms with E-state index in [0.29, 0.717) is 5.82 Å². The highest BCUT2D eigenvalue weighted by Crippen LogP contribution is 2.65. The number of fused-ring (bicyclic) bond motifs is 12. The maximum atomic E-state index is 5.49. The van der Waals surface area contributed by atoms with Crippen LogP contribution in [0.25, 0.3) is 89.4 Å². The van der Waals surface area contributed by atoms with Gasteiger partial charge in [0.15, 0.2) is 5.82 Å². The van der Waals surface area contributed by atoms with Gasteiger partial charge in [-0.3, -0.25) is 0 Å². The first-order valence-electron chi connectivity index (χ1n) is 20.2. The maximum absolute atomic E-state index is 5.49. The van der Waals surface area contributed by atoms with Gasteiger partial charge >= 0.3 is 0 Å². The second kappa shape index (κ2) is 13.2. The highest BCUT2D eigenvalue weighted by atomic mass is 14.9. The molecular formula is C56H35N3. The lowest BCUT2D eigenvalue weighted by Gasteiger charge is -2.31. The molecule has 2 aliphatic carbocycles. The maximum Gasteiger partial charge on any atom is 0.160 e. The van der Waals surface area contributed by atoms with Gasteiger partial charge in [-0.15, -0.1) is 0 Å². The summed E-state index contributed by atoms with van der Waals surface area (Å²) in [6, 6.07) is 75.9. The van der Waals surface area contributed by atoms with Crippen LogP contribution in [0.4, 0.5) is 0 Å². The van der Waals surface area contributed by atoms with Gasteiger partial charge in [-0.1, -0.05) is 200 Å². The first-order chi connectivity index (χ1) is 29.3. The molecule has 0 atom stereocenters. The lowest BCUT2D eigenvalue weighted by Crippen LogP contribution is -2.26. The Kier molecular flexibility index (Phi) is 7.45. The fourth-order valence-corrected chi connectivity index (χ4v) is 9.75. The summed E-state index contributed by atoms with van der Waals surface area (Å²) in [5.41, 5.74) is 20.0. The number of rotatable bonds is 5. The number of pyridine rings is 1. The number of para-hydroxylation sites is 1. The molecule has 3 nitrogen and oxygen atoms in total. The van der Waals surface area contributed by atoms with Crippen LogP contribution in [0.5, 0.6) is 0 Å². The largest absolute Gasteiger partial charge is 0.247 e. The molecule has 0 unspecified atom stereocenters. The van der Waals surface area contributed by atoms with E-state index < -0.39 is 5.41 Å². The Morgan fingerprint density at radius 1 is 0.322 bits per heavy atom. The average molecular weight is 750 g/mol. The fraction of sp³-hybridized carbons (Fsp3) is 0.0179. The minimum absolute atomic E-state index is 0.474. The summed E-state index contributed by atoms with van der Waals surface area (Å²) in [6.45, 7) is 0. The second-order valence-corrected chi connectivity index (χ2v) is 15.5. The molecule has 0 bridgehead atoms. The van der Waals surface area contributed by atoms with Gasteiger partial charge in [-0.25, -0.2) is 15.0 Å². The normalized spacial score (nSPS) is 12.9. The van der Waals surface area contributed by atoms with Crippen LogP contribution >= 0.6 is 0 Å². The summed E-state index contributed by atoms with van der Waals surface area (Å²) in [5, 5.41) is 1.18. The first kappa shape index (κ1) is 33.4. The van der Waals surface area contributed by atoms with Crippen molar-refractivity contribution >= 4 is 10.9 Å². The molecule has 0 amide bonds. The van der Waals surface area contributed by atoms with E-state index in [-0.39, 0.29) is 0 Å². The molecule has 274 valence electrons. The smallest absolute Gasteiger partial charge is 0.160 e. The summed E-state index contributed by atoms with van der Waals surface area (Å²) >= 11 is 0. The molecule has 2 heterocycles. The van der Waals surface area contributed by atoms with Gasteiger partial charge in [0.1, 0.15) is 0 Å². The van der Waals surface area contributed by atoms with E-state index in [9.17, 15) is 0 Å². The minimum atomic E-state index is -0.474. The average Bonchev–Trinajstić information content (AvgIpc) is 3.80. The van der Waals surface area contributed by atoms with Crippen LogP contribution in [0.3, 0.4) is 0 Å². The van der Waals surface area contributed by atoms with Crippen molar-refractivity contribution in [2.75, 3.05) is 0 Å². The molecule has 0 fully saturated rings. The van der Waals surface area contributed by atoms with E-state index >= 15 is 0 Å². The van der Waals surface area contributed by atoms with E-state index in [2.05, 4.69) is 200 Å². The summed E-state index contributed by atoms with van der Waals surface area (Å²) < 4.78 is 0. The number of nitrogens with zero attached hydrogens (tertiary/aromatic N) is 3. The molecule has 10 aromatic rings. The standard InChI is InChI=1S/C56H35N3/c1-3-15-36(16-4-1)37-27-29-39(30-28-37)51-35-50(38-17-5-2-6-18-38)58-55(59-51)41-33-31-40(32-34-41)54-52-44-21-9-13-25-48(44)56(53(52)45-22-10-14-26-49(45)57-54)46-23-11-7-19-42(46)43-20-8-12-24-47(43)56/h1-35H. The summed E-state index contributed by atoms with van der Waals surface area (Å²) in [6.07, 6.45) is 0. The molecule has 0 saturated heterocycles. The van der Waals surface area contributed by atoms with Crippen molar-refractivity contribution in [1.29, 1.82) is 0 Å². The van der Waals surface area contributed by atoms with Gasteiger partial charge in [0.2, 0.25) is 0 Å². The van der Waals surface area contributed by atoms with Crippen molar-refractivity contribution in [1.82, 2.24) is 15.0 Å². The Morgan fingerprint density at radius 3 is 1.41 bits per heavy atom. The fourth-order valence-electron chi connectivity index (χ4n) is 9.75. The van der Waals surface area contributed by atoms with Gasteiger partial charge in [-0.2, -0.15) is 0 Å². The molecule has 0 N–H and O–H groups in total. The molecule has 0 radical (unpaired) electrons. The lowest BCUT2D eigenvalue weighted by molar-refractivity contribution is 0.801. The number of aromatic nitrogens is 3. The van der Waals surface area contributed by atoms with Crippen molar-refractivity contribution in [3.8, 4) is 78.5 Å². The van der Waals surface area contributed by atoms with Crippen LogP contribution in [0.1, 0.15) is 22.3 Å². The Labute approximate surface area is 343 Å². The minimum Gasteiger partial charge on any atom is -0.247 e. The molecular weight excluding hydrogens is 715 g/mol. The van der Waals surface area contributed by atoms with Crippen molar-refractivity contribution in [2.45, 2.75) is 5.41 Å². The van der Waals surface area contributed by atoms with Gasteiger partial charge in [0.05, 0.1) is 28.0 Å². The number of benzene rings is 8. The van der Waals surface area contributed by atoms with Crippen LogP contribution in [-0.4, -0.2) is 15.0 Å². The van der Waals surface area contributed by atoms with E-state index in [1.807, 2.05) is 12.1 Å². The third-order valence-electron chi connectivity index (χ3n) is 12.3. The van der Waals surface area contributed by atoms with Crippen LogP contribution < -0.4 is 0 Å². The number of hydrogen-bond donors (Lipinski definition) is 0. The Balaban J connectivity index is 1.03. The highest BCUT2D eigenvalue weighted by Gasteiger charge is 2.53. The topological polar surface area (TPSA) is 38.7 Å². The first-order valence-corrected chi connectivity index (χ1v) is 20.2. The molecule has 2 aromatic heterocycles. The van der Waals surface area contributed by atoms with Gasteiger partial charge in [0.25, 0.3) is 0 Å². The third-order valence-corrected chi connectivity index (χ3v) is 12.3. The van der Waals surface area contributed by atoms with Crippen LogP contribution in [0.15, 0.2) is 212 Å². The molecule has 1 spiro atoms. The molecule has 8 aromatic carbocycles. The highest BCUT2D eigenvalue weighted by molar-refractivity contribution is 6.06. The zero-order valence-electron chi connectivity index (χ0n) is 32.0. The second-order valence-electron chi connectivity index (χ2n) is 15.5. The predicted octanol–water partition coefficient (Wildman–Crippen LogP) is 13.7. The molecule has 0 aliphatic heterocycles. The Bertz CT molecular complexity index is 3200. The van der Waals surface area contributed by atoms with E-state index in [0.717, 1.165) is 44.9 Å². The van der Waals surface area contributed by atoms with Crippen molar-refractivity contribution in [3.63, 3.8) is 0 Å². The van der Waals surface area contributed by atoms with Crippen LogP contribution in [0.2, 0.25) is 0 Å². The van der Waals surface area contributed by atoms with Gasteiger partial charge < -0.3 is 0 Å². The van der Waals surface area contributed by atoms with Crippen LogP contribution in [0, 0.1) is 0 Å². The lowest BCUT2D eigenvalue weighted by atomic mass is 9.69. The molecule has 12 rings (SSSR count). The molecule has 2 aliphatic rings. The Morgan fingerprint density at radius 2 is 0.763 bits per heavy atom. The molecule has 3 heteroatoms. The van der Waals surface area contributed by atoms with E-state index in [4.69, 9.17) is 15.0 Å². The Hall–Kier alpha value is -7.75. The van der Waals surface area contributed by atoms with Gasteiger partial charge in [-0.05, 0) is 62.2 Å². The zero-order valence-corrected chi connectivity index (χ0v) is 32.0. The molecule has 0 saturated carbocycles. The van der Waals surface area contributed by atoms with Crippen molar-refractivity contribution in [3.05, 3.63) is 235 Å².